The number of aryl methyl sites for hydroxylation is 1. The van der Waals surface area contributed by atoms with Crippen molar-refractivity contribution in [3.8, 4) is 0 Å². The SMILES string of the molecule is CC(C)C[C@H](NC(=O)C1(c2ccccc2)CCOCC1)c1nc2ccccc2n1C. The summed E-state index contributed by atoms with van der Waals surface area (Å²) in [7, 11) is 2.03. The molecule has 4 rings (SSSR count). The molecule has 1 aliphatic heterocycles. The van der Waals surface area contributed by atoms with Crippen molar-refractivity contribution in [1.82, 2.24) is 14.9 Å². The first kappa shape index (κ1) is 20.6. The fourth-order valence-electron chi connectivity index (χ4n) is 4.60. The van der Waals surface area contributed by atoms with Crippen LogP contribution in [-0.4, -0.2) is 28.7 Å². The summed E-state index contributed by atoms with van der Waals surface area (Å²) in [6.07, 6.45) is 2.23. The summed E-state index contributed by atoms with van der Waals surface area (Å²) in [6.45, 7) is 5.57. The Morgan fingerprint density at radius 2 is 1.77 bits per heavy atom. The van der Waals surface area contributed by atoms with Gasteiger partial charge in [0.15, 0.2) is 0 Å². The molecule has 1 amide bonds. The number of amides is 1. The number of carbonyl (C=O) groups excluding carboxylic acids is 1. The third-order valence-electron chi connectivity index (χ3n) is 6.25. The number of fused-ring (bicyclic) bond motifs is 1. The van der Waals surface area contributed by atoms with Crippen molar-refractivity contribution in [2.24, 2.45) is 13.0 Å². The zero-order valence-corrected chi connectivity index (χ0v) is 18.1. The average molecular weight is 406 g/mol. The maximum atomic E-state index is 13.8. The number of carbonyl (C=O) groups is 1. The van der Waals surface area contributed by atoms with Crippen LogP contribution in [0.5, 0.6) is 0 Å². The van der Waals surface area contributed by atoms with Gasteiger partial charge in [0.25, 0.3) is 0 Å². The summed E-state index contributed by atoms with van der Waals surface area (Å²) >= 11 is 0. The monoisotopic (exact) mass is 405 g/mol. The molecule has 0 radical (unpaired) electrons. The highest BCUT2D eigenvalue weighted by molar-refractivity contribution is 5.89. The molecule has 0 aliphatic carbocycles. The predicted octanol–water partition coefficient (Wildman–Crippen LogP) is 4.53. The van der Waals surface area contributed by atoms with Gasteiger partial charge in [0, 0.05) is 20.3 Å². The molecule has 1 atom stereocenters. The third kappa shape index (κ3) is 3.86. The summed E-state index contributed by atoms with van der Waals surface area (Å²) < 4.78 is 7.73. The molecule has 5 nitrogen and oxygen atoms in total. The smallest absolute Gasteiger partial charge is 0.231 e. The highest BCUT2D eigenvalue weighted by atomic mass is 16.5. The van der Waals surface area contributed by atoms with Gasteiger partial charge in [-0.1, -0.05) is 56.3 Å². The van der Waals surface area contributed by atoms with E-state index in [9.17, 15) is 4.79 Å². The predicted molar refractivity (Wildman–Crippen MR) is 119 cm³/mol. The van der Waals surface area contributed by atoms with E-state index in [1.54, 1.807) is 0 Å². The first-order valence-electron chi connectivity index (χ1n) is 10.9. The molecule has 5 heteroatoms. The van der Waals surface area contributed by atoms with E-state index >= 15 is 0 Å². The number of para-hydroxylation sites is 2. The van der Waals surface area contributed by atoms with Gasteiger partial charge in [0.2, 0.25) is 5.91 Å². The van der Waals surface area contributed by atoms with E-state index in [1.807, 2.05) is 43.4 Å². The lowest BCUT2D eigenvalue weighted by atomic mass is 9.73. The second kappa shape index (κ2) is 8.60. The number of rotatable bonds is 6. The Morgan fingerprint density at radius 3 is 2.43 bits per heavy atom. The van der Waals surface area contributed by atoms with E-state index in [-0.39, 0.29) is 11.9 Å². The van der Waals surface area contributed by atoms with Crippen LogP contribution in [0.4, 0.5) is 0 Å². The lowest BCUT2D eigenvalue weighted by molar-refractivity contribution is -0.131. The Labute approximate surface area is 178 Å². The number of hydrogen-bond donors (Lipinski definition) is 1. The molecule has 30 heavy (non-hydrogen) atoms. The maximum absolute atomic E-state index is 13.8. The molecule has 0 unspecified atom stereocenters. The third-order valence-corrected chi connectivity index (χ3v) is 6.25. The average Bonchev–Trinajstić information content (AvgIpc) is 3.11. The van der Waals surface area contributed by atoms with Gasteiger partial charge in [-0.3, -0.25) is 4.79 Å². The summed E-state index contributed by atoms with van der Waals surface area (Å²) in [5.41, 5.74) is 2.56. The van der Waals surface area contributed by atoms with Crippen molar-refractivity contribution in [2.75, 3.05) is 13.2 Å². The lowest BCUT2D eigenvalue weighted by Gasteiger charge is -2.37. The second-order valence-corrected chi connectivity index (χ2v) is 8.73. The van der Waals surface area contributed by atoms with Crippen molar-refractivity contribution in [1.29, 1.82) is 0 Å². The molecular weight excluding hydrogens is 374 g/mol. The van der Waals surface area contributed by atoms with Gasteiger partial charge in [-0.05, 0) is 42.9 Å². The molecule has 2 aromatic carbocycles. The normalized spacial score (nSPS) is 17.2. The molecule has 0 bridgehead atoms. The van der Waals surface area contributed by atoms with E-state index in [1.165, 1.54) is 0 Å². The standard InChI is InChI=1S/C25H31N3O2/c1-18(2)17-21(23-26-20-11-7-8-12-22(20)28(23)3)27-24(29)25(13-15-30-16-14-25)19-9-5-4-6-10-19/h4-12,18,21H,13-17H2,1-3H3,(H,27,29)/t21-/m0/s1. The Kier molecular flexibility index (Phi) is 5.91. The second-order valence-electron chi connectivity index (χ2n) is 8.73. The van der Waals surface area contributed by atoms with Crippen molar-refractivity contribution in [3.63, 3.8) is 0 Å². The number of benzene rings is 2. The molecule has 1 N–H and O–H groups in total. The first-order valence-corrected chi connectivity index (χ1v) is 10.9. The van der Waals surface area contributed by atoms with Crippen LogP contribution in [0.2, 0.25) is 0 Å². The molecular formula is C25H31N3O2. The molecule has 1 aliphatic rings. The highest BCUT2D eigenvalue weighted by Crippen LogP contribution is 2.36. The minimum atomic E-state index is -0.556. The lowest BCUT2D eigenvalue weighted by Crippen LogP contribution is -2.49. The van der Waals surface area contributed by atoms with Crippen LogP contribution in [0.15, 0.2) is 54.6 Å². The fraction of sp³-hybridized carbons (Fsp3) is 0.440. The van der Waals surface area contributed by atoms with Crippen LogP contribution in [-0.2, 0) is 22.0 Å². The van der Waals surface area contributed by atoms with Crippen LogP contribution < -0.4 is 5.32 Å². The zero-order valence-electron chi connectivity index (χ0n) is 18.1. The first-order chi connectivity index (χ1) is 14.5. The number of aromatic nitrogens is 2. The topological polar surface area (TPSA) is 56.1 Å². The van der Waals surface area contributed by atoms with Gasteiger partial charge >= 0.3 is 0 Å². The van der Waals surface area contributed by atoms with E-state index in [4.69, 9.17) is 9.72 Å². The quantitative estimate of drug-likeness (QED) is 0.656. The Morgan fingerprint density at radius 1 is 1.10 bits per heavy atom. The highest BCUT2D eigenvalue weighted by Gasteiger charge is 2.42. The van der Waals surface area contributed by atoms with Crippen LogP contribution in [0.25, 0.3) is 11.0 Å². The molecule has 0 spiro atoms. The number of nitrogens with one attached hydrogen (secondary N) is 1. The van der Waals surface area contributed by atoms with Crippen molar-refractivity contribution < 1.29 is 9.53 Å². The molecule has 2 heterocycles. The molecule has 1 saturated heterocycles. The summed E-state index contributed by atoms with van der Waals surface area (Å²) in [4.78, 5) is 18.7. The van der Waals surface area contributed by atoms with Crippen LogP contribution in [0.1, 0.15) is 50.5 Å². The maximum Gasteiger partial charge on any atom is 0.231 e. The summed E-state index contributed by atoms with van der Waals surface area (Å²) in [5, 5.41) is 3.40. The van der Waals surface area contributed by atoms with Gasteiger partial charge < -0.3 is 14.6 Å². The van der Waals surface area contributed by atoms with Gasteiger partial charge in [-0.2, -0.15) is 0 Å². The molecule has 0 saturated carbocycles. The van der Waals surface area contributed by atoms with Gasteiger partial charge in [-0.25, -0.2) is 4.98 Å². The minimum Gasteiger partial charge on any atom is -0.381 e. The Hall–Kier alpha value is -2.66. The van der Waals surface area contributed by atoms with Crippen LogP contribution in [0, 0.1) is 5.92 Å². The van der Waals surface area contributed by atoms with Crippen molar-refractivity contribution >= 4 is 16.9 Å². The van der Waals surface area contributed by atoms with Crippen molar-refractivity contribution in [3.05, 3.63) is 66.0 Å². The van der Waals surface area contributed by atoms with Crippen LogP contribution in [0.3, 0.4) is 0 Å². The van der Waals surface area contributed by atoms with E-state index in [2.05, 4.69) is 41.9 Å². The summed E-state index contributed by atoms with van der Waals surface area (Å²) in [6, 6.07) is 18.1. The van der Waals surface area contributed by atoms with Gasteiger partial charge in [0.1, 0.15) is 5.82 Å². The number of hydrogen-bond acceptors (Lipinski definition) is 3. The molecule has 1 fully saturated rings. The van der Waals surface area contributed by atoms with Crippen LogP contribution >= 0.6 is 0 Å². The Balaban J connectivity index is 1.69. The molecule has 158 valence electrons. The molecule has 1 aromatic heterocycles. The molecule has 3 aromatic rings. The number of ether oxygens (including phenoxy) is 1. The zero-order chi connectivity index (χ0) is 21.1. The summed E-state index contributed by atoms with van der Waals surface area (Å²) in [5.74, 6) is 1.42. The van der Waals surface area contributed by atoms with E-state index < -0.39 is 5.41 Å². The van der Waals surface area contributed by atoms with Crippen molar-refractivity contribution in [2.45, 2.75) is 44.6 Å². The van der Waals surface area contributed by atoms with E-state index in [0.29, 0.717) is 32.0 Å². The van der Waals surface area contributed by atoms with Gasteiger partial charge in [-0.15, -0.1) is 0 Å². The fourth-order valence-corrected chi connectivity index (χ4v) is 4.60. The number of imidazole rings is 1. The number of nitrogens with zero attached hydrogens (tertiary/aromatic N) is 2. The van der Waals surface area contributed by atoms with Gasteiger partial charge in [0.05, 0.1) is 22.5 Å². The van der Waals surface area contributed by atoms with E-state index in [0.717, 1.165) is 28.8 Å². The Bertz CT molecular complexity index is 1000. The minimum absolute atomic E-state index is 0.0784. The largest absolute Gasteiger partial charge is 0.381 e.